The Kier molecular flexibility index (Phi) is 8.54. The van der Waals surface area contributed by atoms with Gasteiger partial charge in [-0.3, -0.25) is 0 Å². The molecule has 0 saturated heterocycles. The van der Waals surface area contributed by atoms with Crippen molar-refractivity contribution in [3.63, 3.8) is 0 Å². The molecule has 0 aliphatic heterocycles. The maximum Gasteiger partial charge on any atom is 0.119 e. The predicted molar refractivity (Wildman–Crippen MR) is 182 cm³/mol. The van der Waals surface area contributed by atoms with Crippen molar-refractivity contribution in [2.45, 2.75) is 91.3 Å². The van der Waals surface area contributed by atoms with Gasteiger partial charge in [0.05, 0.1) is 5.92 Å². The standard InChI is InChI=1S/C40H48N2O2/c1-24-22-25(2)35(26(3)23-24)36(31-18-20-33(41-31)37(43)27-10-14-29(15-11-27)39(4,5)6)32-19-21-34(42-32)38(44)28-12-16-30(17-13-28)40(7,8)9/h10-23,36-38,41-44H,1-9H3. The second-order valence-corrected chi connectivity index (χ2v) is 14.5. The highest BCUT2D eigenvalue weighted by atomic mass is 16.3. The van der Waals surface area contributed by atoms with E-state index in [-0.39, 0.29) is 16.7 Å². The smallest absolute Gasteiger partial charge is 0.119 e. The second-order valence-electron chi connectivity index (χ2n) is 14.5. The van der Waals surface area contributed by atoms with E-state index >= 15 is 0 Å². The first kappa shape index (κ1) is 31.6. The SMILES string of the molecule is Cc1cc(C)c(C(c2ccc(C(O)c3ccc(C(C)(C)C)cc3)[nH]2)c2ccc(C(O)c3ccc(C(C)(C)C)cc3)[nH]2)c(C)c1. The fourth-order valence-electron chi connectivity index (χ4n) is 6.33. The Morgan fingerprint density at radius 3 is 1.18 bits per heavy atom. The first-order valence-electron chi connectivity index (χ1n) is 15.7. The third-order valence-electron chi connectivity index (χ3n) is 8.89. The van der Waals surface area contributed by atoms with E-state index in [2.05, 4.69) is 121 Å². The van der Waals surface area contributed by atoms with Crippen LogP contribution in [0.4, 0.5) is 0 Å². The van der Waals surface area contributed by atoms with E-state index in [1.165, 1.54) is 33.4 Å². The molecule has 2 atom stereocenters. The fourth-order valence-corrected chi connectivity index (χ4v) is 6.33. The topological polar surface area (TPSA) is 72.0 Å². The molecule has 3 aromatic carbocycles. The number of hydrogen-bond donors (Lipinski definition) is 4. The number of nitrogens with one attached hydrogen (secondary N) is 2. The molecule has 5 aromatic rings. The molecule has 230 valence electrons. The van der Waals surface area contributed by atoms with Crippen molar-refractivity contribution in [1.82, 2.24) is 9.97 Å². The summed E-state index contributed by atoms with van der Waals surface area (Å²) in [5, 5.41) is 22.7. The number of hydrogen-bond acceptors (Lipinski definition) is 2. The van der Waals surface area contributed by atoms with Gasteiger partial charge in [0.15, 0.2) is 0 Å². The molecule has 4 nitrogen and oxygen atoms in total. The summed E-state index contributed by atoms with van der Waals surface area (Å²) in [4.78, 5) is 7.16. The van der Waals surface area contributed by atoms with Crippen LogP contribution < -0.4 is 0 Å². The molecule has 0 saturated carbocycles. The van der Waals surface area contributed by atoms with Crippen LogP contribution in [0.1, 0.15) is 127 Å². The summed E-state index contributed by atoms with van der Waals surface area (Å²) in [6, 6.07) is 29.1. The van der Waals surface area contributed by atoms with Crippen molar-refractivity contribution in [1.29, 1.82) is 0 Å². The molecule has 2 unspecified atom stereocenters. The van der Waals surface area contributed by atoms with E-state index < -0.39 is 12.2 Å². The summed E-state index contributed by atoms with van der Waals surface area (Å²) in [5.74, 6) is -0.135. The molecule has 2 aromatic heterocycles. The molecule has 0 amide bonds. The number of aliphatic hydroxyl groups excluding tert-OH is 2. The number of H-pyrrole nitrogens is 2. The van der Waals surface area contributed by atoms with Crippen LogP contribution >= 0.6 is 0 Å². The van der Waals surface area contributed by atoms with Crippen LogP contribution in [-0.4, -0.2) is 20.2 Å². The molecular formula is C40H48N2O2. The Balaban J connectivity index is 1.51. The fraction of sp³-hybridized carbons (Fsp3) is 0.350. The van der Waals surface area contributed by atoms with Crippen LogP contribution in [-0.2, 0) is 10.8 Å². The Bertz CT molecular complexity index is 1600. The minimum Gasteiger partial charge on any atom is -0.382 e. The molecule has 0 fully saturated rings. The summed E-state index contributed by atoms with van der Waals surface area (Å²) < 4.78 is 0. The highest BCUT2D eigenvalue weighted by molar-refractivity contribution is 5.49. The highest BCUT2D eigenvalue weighted by Gasteiger charge is 2.26. The lowest BCUT2D eigenvalue weighted by Crippen LogP contribution is -2.12. The van der Waals surface area contributed by atoms with Crippen LogP contribution in [0.15, 0.2) is 84.9 Å². The Labute approximate surface area is 263 Å². The lowest BCUT2D eigenvalue weighted by molar-refractivity contribution is 0.215. The molecule has 2 heterocycles. The third-order valence-corrected chi connectivity index (χ3v) is 8.89. The predicted octanol–water partition coefficient (Wildman–Crippen LogP) is 9.21. The maximum atomic E-state index is 11.4. The van der Waals surface area contributed by atoms with Gasteiger partial charge in [-0.2, -0.15) is 0 Å². The number of aromatic amines is 2. The minimum absolute atomic E-state index is 0.0540. The van der Waals surface area contributed by atoms with E-state index in [1.807, 2.05) is 36.4 Å². The van der Waals surface area contributed by atoms with Gasteiger partial charge in [-0.1, -0.05) is 108 Å². The molecule has 4 N–H and O–H groups in total. The van der Waals surface area contributed by atoms with Gasteiger partial charge in [-0.15, -0.1) is 0 Å². The third kappa shape index (κ3) is 6.47. The number of benzene rings is 3. The van der Waals surface area contributed by atoms with Gasteiger partial charge >= 0.3 is 0 Å². The summed E-state index contributed by atoms with van der Waals surface area (Å²) in [6.45, 7) is 19.6. The summed E-state index contributed by atoms with van der Waals surface area (Å²) in [5.41, 5.74) is 12.6. The Hall–Kier alpha value is -3.86. The highest BCUT2D eigenvalue weighted by Crippen LogP contribution is 2.38. The van der Waals surface area contributed by atoms with E-state index in [4.69, 9.17) is 0 Å². The van der Waals surface area contributed by atoms with E-state index in [0.29, 0.717) is 0 Å². The van der Waals surface area contributed by atoms with Gasteiger partial charge in [0, 0.05) is 22.8 Å². The lowest BCUT2D eigenvalue weighted by Gasteiger charge is -2.22. The zero-order valence-corrected chi connectivity index (χ0v) is 27.7. The molecule has 0 spiro atoms. The van der Waals surface area contributed by atoms with Gasteiger partial charge in [0.1, 0.15) is 12.2 Å². The molecule has 0 bridgehead atoms. The van der Waals surface area contributed by atoms with Crippen molar-refractivity contribution in [3.05, 3.63) is 152 Å². The minimum atomic E-state index is -0.768. The Morgan fingerprint density at radius 1 is 0.500 bits per heavy atom. The van der Waals surface area contributed by atoms with Crippen LogP contribution in [0.2, 0.25) is 0 Å². The summed E-state index contributed by atoms with van der Waals surface area (Å²) in [6.07, 6.45) is -1.54. The van der Waals surface area contributed by atoms with Crippen molar-refractivity contribution >= 4 is 0 Å². The van der Waals surface area contributed by atoms with Crippen LogP contribution in [0.3, 0.4) is 0 Å². The van der Waals surface area contributed by atoms with Crippen LogP contribution in [0, 0.1) is 20.8 Å². The molecule has 4 heteroatoms. The number of aromatic nitrogens is 2. The molecule has 0 aliphatic rings. The van der Waals surface area contributed by atoms with Crippen molar-refractivity contribution < 1.29 is 10.2 Å². The van der Waals surface area contributed by atoms with Gasteiger partial charge in [-0.25, -0.2) is 0 Å². The van der Waals surface area contributed by atoms with E-state index in [0.717, 1.165) is 33.9 Å². The average molecular weight is 589 g/mol. The molecule has 0 radical (unpaired) electrons. The van der Waals surface area contributed by atoms with Gasteiger partial charge < -0.3 is 20.2 Å². The second kappa shape index (κ2) is 11.9. The van der Waals surface area contributed by atoms with Crippen LogP contribution in [0.5, 0.6) is 0 Å². The molecule has 44 heavy (non-hydrogen) atoms. The lowest BCUT2D eigenvalue weighted by atomic mass is 9.85. The Morgan fingerprint density at radius 2 is 0.841 bits per heavy atom. The normalized spacial score (nSPS) is 14.4. The first-order chi connectivity index (χ1) is 20.6. The summed E-state index contributed by atoms with van der Waals surface area (Å²) in [7, 11) is 0. The van der Waals surface area contributed by atoms with Gasteiger partial charge in [0.2, 0.25) is 0 Å². The number of aryl methyl sites for hydroxylation is 3. The zero-order chi connectivity index (χ0) is 32.0. The molecule has 0 aliphatic carbocycles. The van der Waals surface area contributed by atoms with Crippen molar-refractivity contribution in [2.75, 3.05) is 0 Å². The van der Waals surface area contributed by atoms with E-state index in [9.17, 15) is 10.2 Å². The quantitative estimate of drug-likeness (QED) is 0.153. The molecule has 5 rings (SSSR count). The molecular weight excluding hydrogens is 540 g/mol. The van der Waals surface area contributed by atoms with Crippen molar-refractivity contribution in [2.24, 2.45) is 0 Å². The van der Waals surface area contributed by atoms with Crippen LogP contribution in [0.25, 0.3) is 0 Å². The summed E-state index contributed by atoms with van der Waals surface area (Å²) >= 11 is 0. The number of aliphatic hydroxyl groups is 2. The maximum absolute atomic E-state index is 11.4. The van der Waals surface area contributed by atoms with Crippen molar-refractivity contribution in [3.8, 4) is 0 Å². The van der Waals surface area contributed by atoms with Gasteiger partial charge in [0.25, 0.3) is 0 Å². The first-order valence-corrected chi connectivity index (χ1v) is 15.7. The largest absolute Gasteiger partial charge is 0.382 e. The number of rotatable bonds is 7. The average Bonchev–Trinajstić information content (AvgIpc) is 3.64. The monoisotopic (exact) mass is 588 g/mol. The zero-order valence-electron chi connectivity index (χ0n) is 27.7. The van der Waals surface area contributed by atoms with E-state index in [1.54, 1.807) is 0 Å². The van der Waals surface area contributed by atoms with Gasteiger partial charge in [-0.05, 0) is 94.8 Å².